The van der Waals surface area contributed by atoms with Crippen molar-refractivity contribution in [1.82, 2.24) is 24.5 Å². The van der Waals surface area contributed by atoms with E-state index in [2.05, 4.69) is 30.1 Å². The van der Waals surface area contributed by atoms with Crippen molar-refractivity contribution in [3.05, 3.63) is 24.8 Å². The molecule has 148 valence electrons. The first kappa shape index (κ1) is 19.5. The average Bonchev–Trinajstić information content (AvgIpc) is 3.18. The smallest absolute Gasteiger partial charge is 0.259 e. The van der Waals surface area contributed by atoms with Crippen LogP contribution in [0.3, 0.4) is 0 Å². The van der Waals surface area contributed by atoms with Crippen molar-refractivity contribution in [3.8, 4) is 0 Å². The van der Waals surface area contributed by atoms with E-state index in [4.69, 9.17) is 4.74 Å². The third-order valence-corrected chi connectivity index (χ3v) is 5.53. The molecule has 10 nitrogen and oxygen atoms in total. The van der Waals surface area contributed by atoms with E-state index < -0.39 is 10.0 Å². The van der Waals surface area contributed by atoms with Crippen molar-refractivity contribution in [1.29, 1.82) is 0 Å². The molecule has 0 atom stereocenters. The van der Waals surface area contributed by atoms with Crippen LogP contribution in [0.15, 0.2) is 29.8 Å². The van der Waals surface area contributed by atoms with Gasteiger partial charge in [-0.25, -0.2) is 18.1 Å². The average molecular weight is 395 g/mol. The highest BCUT2D eigenvalue weighted by Gasteiger charge is 2.17. The highest BCUT2D eigenvalue weighted by atomic mass is 32.2. The molecule has 0 aromatic carbocycles. The van der Waals surface area contributed by atoms with Gasteiger partial charge in [0, 0.05) is 44.5 Å². The minimum atomic E-state index is -3.63. The molecule has 0 aliphatic carbocycles. The summed E-state index contributed by atoms with van der Waals surface area (Å²) in [4.78, 5) is 6.14. The molecule has 1 saturated heterocycles. The number of hydrogen-bond donors (Lipinski definition) is 2. The van der Waals surface area contributed by atoms with E-state index >= 15 is 0 Å². The van der Waals surface area contributed by atoms with Crippen LogP contribution in [0.1, 0.15) is 19.9 Å². The van der Waals surface area contributed by atoms with Gasteiger partial charge in [0.2, 0.25) is 0 Å². The standard InChI is InChI=1S/C16H25N7O3S/c1-13(2)23-11-16(18-12-23)27(24,25)20-4-3-17-15-9-14(10-19-21-15)22-5-7-26-8-6-22/h9-13,20H,3-8H2,1-2H3,(H,17,21). The van der Waals surface area contributed by atoms with Gasteiger partial charge in [0.1, 0.15) is 0 Å². The molecular weight excluding hydrogens is 370 g/mol. The third-order valence-electron chi connectivity index (χ3n) is 4.19. The molecule has 0 amide bonds. The lowest BCUT2D eigenvalue weighted by Crippen LogP contribution is -2.36. The van der Waals surface area contributed by atoms with Crippen LogP contribution in [0.2, 0.25) is 0 Å². The summed E-state index contributed by atoms with van der Waals surface area (Å²) in [5, 5.41) is 11.2. The maximum absolute atomic E-state index is 12.3. The van der Waals surface area contributed by atoms with Crippen LogP contribution >= 0.6 is 0 Å². The molecule has 27 heavy (non-hydrogen) atoms. The second-order valence-electron chi connectivity index (χ2n) is 6.48. The van der Waals surface area contributed by atoms with Crippen LogP contribution in [0.4, 0.5) is 11.5 Å². The van der Waals surface area contributed by atoms with Gasteiger partial charge in [-0.2, -0.15) is 5.10 Å². The Kier molecular flexibility index (Phi) is 6.24. The van der Waals surface area contributed by atoms with E-state index in [-0.39, 0.29) is 17.6 Å². The first-order valence-electron chi connectivity index (χ1n) is 8.88. The molecule has 1 fully saturated rings. The summed E-state index contributed by atoms with van der Waals surface area (Å²) in [6.45, 7) is 7.52. The summed E-state index contributed by atoms with van der Waals surface area (Å²) in [5.41, 5.74) is 0.968. The summed E-state index contributed by atoms with van der Waals surface area (Å²) in [6.07, 6.45) is 4.76. The normalized spacial score (nSPS) is 15.3. The van der Waals surface area contributed by atoms with Gasteiger partial charge in [0.05, 0.1) is 31.4 Å². The van der Waals surface area contributed by atoms with E-state index in [1.807, 2.05) is 19.9 Å². The Morgan fingerprint density at radius 3 is 2.74 bits per heavy atom. The number of anilines is 2. The van der Waals surface area contributed by atoms with Gasteiger partial charge in [-0.15, -0.1) is 5.10 Å². The van der Waals surface area contributed by atoms with Crippen LogP contribution in [-0.4, -0.2) is 67.6 Å². The quantitative estimate of drug-likeness (QED) is 0.621. The molecule has 3 rings (SSSR count). The molecule has 2 aromatic heterocycles. The SMILES string of the molecule is CC(C)n1cnc(S(=O)(=O)NCCNc2cc(N3CCOCC3)cnn2)c1. The van der Waals surface area contributed by atoms with Crippen molar-refractivity contribution >= 4 is 21.5 Å². The highest BCUT2D eigenvalue weighted by Crippen LogP contribution is 2.17. The second-order valence-corrected chi connectivity index (χ2v) is 8.19. The number of sulfonamides is 1. The predicted molar refractivity (Wildman–Crippen MR) is 101 cm³/mol. The Labute approximate surface area is 159 Å². The van der Waals surface area contributed by atoms with Crippen LogP contribution in [0, 0.1) is 0 Å². The number of nitrogens with one attached hydrogen (secondary N) is 2. The number of morpholine rings is 1. The zero-order chi connectivity index (χ0) is 19.3. The van der Waals surface area contributed by atoms with Crippen molar-refractivity contribution in [2.75, 3.05) is 49.6 Å². The minimum Gasteiger partial charge on any atom is -0.378 e. The summed E-state index contributed by atoms with van der Waals surface area (Å²) < 4.78 is 34.2. The molecule has 0 spiro atoms. The maximum Gasteiger partial charge on any atom is 0.259 e. The summed E-state index contributed by atoms with van der Waals surface area (Å²) in [7, 11) is -3.63. The summed E-state index contributed by atoms with van der Waals surface area (Å²) in [6, 6.07) is 2.05. The second kappa shape index (κ2) is 8.63. The molecule has 2 aromatic rings. The van der Waals surface area contributed by atoms with Crippen molar-refractivity contribution < 1.29 is 13.2 Å². The molecule has 0 unspecified atom stereocenters. The maximum atomic E-state index is 12.3. The van der Waals surface area contributed by atoms with E-state index in [1.54, 1.807) is 10.8 Å². The number of ether oxygens (including phenoxy) is 1. The lowest BCUT2D eigenvalue weighted by Gasteiger charge is -2.28. The lowest BCUT2D eigenvalue weighted by molar-refractivity contribution is 0.122. The van der Waals surface area contributed by atoms with E-state index in [1.165, 1.54) is 12.5 Å². The number of rotatable bonds is 8. The van der Waals surface area contributed by atoms with Crippen molar-refractivity contribution in [2.24, 2.45) is 0 Å². The monoisotopic (exact) mass is 395 g/mol. The van der Waals surface area contributed by atoms with Gasteiger partial charge in [-0.1, -0.05) is 0 Å². The van der Waals surface area contributed by atoms with Gasteiger partial charge in [0.15, 0.2) is 10.8 Å². The van der Waals surface area contributed by atoms with E-state index in [0.717, 1.165) is 18.8 Å². The van der Waals surface area contributed by atoms with Gasteiger partial charge >= 0.3 is 0 Å². The summed E-state index contributed by atoms with van der Waals surface area (Å²) in [5.74, 6) is 0.599. The van der Waals surface area contributed by atoms with Gasteiger partial charge in [0.25, 0.3) is 10.0 Å². The molecule has 0 saturated carbocycles. The van der Waals surface area contributed by atoms with Crippen LogP contribution in [0.5, 0.6) is 0 Å². The minimum absolute atomic E-state index is 0.0188. The first-order valence-corrected chi connectivity index (χ1v) is 10.4. The Bertz CT molecular complexity index is 847. The fraction of sp³-hybridized carbons (Fsp3) is 0.562. The van der Waals surface area contributed by atoms with E-state index in [0.29, 0.717) is 25.6 Å². The fourth-order valence-corrected chi connectivity index (χ4v) is 3.59. The van der Waals surface area contributed by atoms with Gasteiger partial charge in [-0.3, -0.25) is 0 Å². The fourth-order valence-electron chi connectivity index (χ4n) is 2.63. The van der Waals surface area contributed by atoms with Crippen LogP contribution in [-0.2, 0) is 14.8 Å². The third kappa shape index (κ3) is 5.15. The van der Waals surface area contributed by atoms with Gasteiger partial charge < -0.3 is 19.5 Å². The Morgan fingerprint density at radius 2 is 2.04 bits per heavy atom. The topological polar surface area (TPSA) is 114 Å². The number of imidazole rings is 1. The Morgan fingerprint density at radius 1 is 1.26 bits per heavy atom. The predicted octanol–water partition coefficient (Wildman–Crippen LogP) is 0.481. The largest absolute Gasteiger partial charge is 0.378 e. The van der Waals surface area contributed by atoms with Crippen molar-refractivity contribution in [3.63, 3.8) is 0 Å². The number of aromatic nitrogens is 4. The van der Waals surface area contributed by atoms with E-state index in [9.17, 15) is 8.42 Å². The highest BCUT2D eigenvalue weighted by molar-refractivity contribution is 7.89. The Balaban J connectivity index is 1.50. The molecule has 0 bridgehead atoms. The zero-order valence-corrected chi connectivity index (χ0v) is 16.3. The zero-order valence-electron chi connectivity index (χ0n) is 15.5. The number of nitrogens with zero attached hydrogens (tertiary/aromatic N) is 5. The molecule has 2 N–H and O–H groups in total. The van der Waals surface area contributed by atoms with Crippen molar-refractivity contribution in [2.45, 2.75) is 24.9 Å². The molecular formula is C16H25N7O3S. The van der Waals surface area contributed by atoms with Crippen LogP contribution in [0.25, 0.3) is 0 Å². The first-order chi connectivity index (χ1) is 13.0. The summed E-state index contributed by atoms with van der Waals surface area (Å²) >= 11 is 0. The molecule has 1 aliphatic heterocycles. The molecule has 11 heteroatoms. The Hall–Kier alpha value is -2.24. The van der Waals surface area contributed by atoms with Gasteiger partial charge in [-0.05, 0) is 13.8 Å². The molecule has 0 radical (unpaired) electrons. The molecule has 1 aliphatic rings. The lowest BCUT2D eigenvalue weighted by atomic mass is 10.3. The van der Waals surface area contributed by atoms with Crippen LogP contribution < -0.4 is 14.9 Å². The number of hydrogen-bond acceptors (Lipinski definition) is 8. The molecule has 3 heterocycles.